The third kappa shape index (κ3) is 5.35. The first-order chi connectivity index (χ1) is 7.83. The van der Waals surface area contributed by atoms with E-state index in [1.54, 1.807) is 0 Å². The average Bonchev–Trinajstić information content (AvgIpc) is 2.30. The quantitative estimate of drug-likeness (QED) is 0.416. The van der Waals surface area contributed by atoms with Gasteiger partial charge in [-0.15, -0.1) is 0 Å². The number of rotatable bonds is 6. The molecule has 1 rings (SSSR count). The van der Waals surface area contributed by atoms with Gasteiger partial charge in [0, 0.05) is 0 Å². The van der Waals surface area contributed by atoms with Gasteiger partial charge in [0.2, 0.25) is 0 Å². The van der Waals surface area contributed by atoms with Gasteiger partial charge in [-0.05, 0) is 18.4 Å². The lowest BCUT2D eigenvalue weighted by Crippen LogP contribution is -2.08. The largest absolute Gasteiger partial charge is 0.465 e. The van der Waals surface area contributed by atoms with Crippen molar-refractivity contribution in [2.75, 3.05) is 6.61 Å². The highest BCUT2D eigenvalue weighted by Crippen LogP contribution is 2.01. The molecular formula is C14H18O2. The summed E-state index contributed by atoms with van der Waals surface area (Å²) in [6.07, 6.45) is 6.30. The summed E-state index contributed by atoms with van der Waals surface area (Å²) in [5, 5.41) is 0. The zero-order valence-corrected chi connectivity index (χ0v) is 9.69. The van der Waals surface area contributed by atoms with Gasteiger partial charge >= 0.3 is 5.97 Å². The molecule has 0 N–H and O–H groups in total. The molecule has 0 atom stereocenters. The Balaban J connectivity index is 2.19. The number of carbonyl (C=O) groups excluding carboxylic acids is 1. The standard InChI is InChI=1S/C14H18O2/c1-2-3-4-8-11-16-14(15)12-13-9-6-5-7-10-13/h3-7,9-10H,2,8,11-12H2,1H3/b4-3+. The van der Waals surface area contributed by atoms with Crippen LogP contribution in [0.3, 0.4) is 0 Å². The lowest BCUT2D eigenvalue weighted by atomic mass is 10.2. The van der Waals surface area contributed by atoms with Gasteiger partial charge in [0.15, 0.2) is 0 Å². The second-order valence-electron chi connectivity index (χ2n) is 3.55. The molecular weight excluding hydrogens is 200 g/mol. The molecule has 0 bridgehead atoms. The third-order valence-electron chi connectivity index (χ3n) is 2.14. The lowest BCUT2D eigenvalue weighted by molar-refractivity contribution is -0.142. The molecule has 2 heteroatoms. The molecule has 86 valence electrons. The van der Waals surface area contributed by atoms with Gasteiger partial charge in [-0.3, -0.25) is 4.79 Å². The Hall–Kier alpha value is -1.57. The minimum atomic E-state index is -0.156. The molecule has 0 unspecified atom stereocenters. The topological polar surface area (TPSA) is 26.3 Å². The SMILES string of the molecule is CC/C=C/CCOC(=O)Cc1ccccc1. The van der Waals surface area contributed by atoms with Crippen LogP contribution in [0.15, 0.2) is 42.5 Å². The van der Waals surface area contributed by atoms with Crippen molar-refractivity contribution < 1.29 is 9.53 Å². The van der Waals surface area contributed by atoms with Crippen molar-refractivity contribution in [1.82, 2.24) is 0 Å². The van der Waals surface area contributed by atoms with Crippen LogP contribution in [0.5, 0.6) is 0 Å². The number of allylic oxidation sites excluding steroid dienone is 1. The summed E-state index contributed by atoms with van der Waals surface area (Å²) in [6, 6.07) is 9.64. The third-order valence-corrected chi connectivity index (χ3v) is 2.14. The van der Waals surface area contributed by atoms with E-state index >= 15 is 0 Å². The summed E-state index contributed by atoms with van der Waals surface area (Å²) < 4.78 is 5.10. The van der Waals surface area contributed by atoms with Crippen molar-refractivity contribution in [3.05, 3.63) is 48.0 Å². The van der Waals surface area contributed by atoms with Crippen molar-refractivity contribution in [2.24, 2.45) is 0 Å². The summed E-state index contributed by atoms with van der Waals surface area (Å²) in [5.41, 5.74) is 0.997. The van der Waals surface area contributed by atoms with Gasteiger partial charge in [0.25, 0.3) is 0 Å². The maximum absolute atomic E-state index is 11.4. The van der Waals surface area contributed by atoms with Gasteiger partial charge in [-0.1, -0.05) is 49.4 Å². The predicted octanol–water partition coefficient (Wildman–Crippen LogP) is 3.13. The minimum absolute atomic E-state index is 0.156. The molecule has 0 saturated carbocycles. The van der Waals surface area contributed by atoms with Crippen LogP contribution in [0, 0.1) is 0 Å². The van der Waals surface area contributed by atoms with Gasteiger partial charge in [-0.25, -0.2) is 0 Å². The molecule has 0 aliphatic heterocycles. The smallest absolute Gasteiger partial charge is 0.310 e. The Morgan fingerprint density at radius 2 is 2.00 bits per heavy atom. The summed E-state index contributed by atoms with van der Waals surface area (Å²) in [7, 11) is 0. The predicted molar refractivity (Wildman–Crippen MR) is 65.2 cm³/mol. The monoisotopic (exact) mass is 218 g/mol. The molecule has 1 aromatic rings. The molecule has 0 aromatic heterocycles. The molecule has 0 saturated heterocycles. The highest BCUT2D eigenvalue weighted by atomic mass is 16.5. The highest BCUT2D eigenvalue weighted by molar-refractivity contribution is 5.72. The van der Waals surface area contributed by atoms with E-state index in [0.29, 0.717) is 13.0 Å². The number of hydrogen-bond donors (Lipinski definition) is 0. The summed E-state index contributed by atoms with van der Waals surface area (Å²) >= 11 is 0. The number of hydrogen-bond acceptors (Lipinski definition) is 2. The lowest BCUT2D eigenvalue weighted by Gasteiger charge is -2.02. The van der Waals surface area contributed by atoms with Crippen LogP contribution >= 0.6 is 0 Å². The maximum Gasteiger partial charge on any atom is 0.310 e. The number of esters is 1. The molecule has 0 radical (unpaired) electrons. The van der Waals surface area contributed by atoms with Crippen LogP contribution < -0.4 is 0 Å². The summed E-state index contributed by atoms with van der Waals surface area (Å²) in [5.74, 6) is -0.156. The van der Waals surface area contributed by atoms with E-state index in [9.17, 15) is 4.79 Å². The molecule has 16 heavy (non-hydrogen) atoms. The molecule has 1 aromatic carbocycles. The van der Waals surface area contributed by atoms with Crippen LogP contribution in [0.2, 0.25) is 0 Å². The van der Waals surface area contributed by atoms with E-state index in [1.807, 2.05) is 36.4 Å². The maximum atomic E-state index is 11.4. The van der Waals surface area contributed by atoms with E-state index in [4.69, 9.17) is 4.74 Å². The first-order valence-corrected chi connectivity index (χ1v) is 5.67. The minimum Gasteiger partial charge on any atom is -0.465 e. The highest BCUT2D eigenvalue weighted by Gasteiger charge is 2.02. The zero-order chi connectivity index (χ0) is 11.6. The Morgan fingerprint density at radius 3 is 2.69 bits per heavy atom. The van der Waals surface area contributed by atoms with Gasteiger partial charge < -0.3 is 4.74 Å². The van der Waals surface area contributed by atoms with Gasteiger partial charge in [-0.2, -0.15) is 0 Å². The number of carbonyl (C=O) groups is 1. The first-order valence-electron chi connectivity index (χ1n) is 5.67. The van der Waals surface area contributed by atoms with Crippen molar-refractivity contribution in [2.45, 2.75) is 26.2 Å². The Kier molecular flexibility index (Phi) is 6.00. The zero-order valence-electron chi connectivity index (χ0n) is 9.69. The molecule has 0 amide bonds. The molecule has 0 fully saturated rings. The fraction of sp³-hybridized carbons (Fsp3) is 0.357. The fourth-order valence-corrected chi connectivity index (χ4v) is 1.34. The van der Waals surface area contributed by atoms with Crippen molar-refractivity contribution in [1.29, 1.82) is 0 Å². The van der Waals surface area contributed by atoms with Crippen LogP contribution in [-0.4, -0.2) is 12.6 Å². The molecule has 2 nitrogen and oxygen atoms in total. The van der Waals surface area contributed by atoms with E-state index in [2.05, 4.69) is 13.0 Å². The van der Waals surface area contributed by atoms with Gasteiger partial charge in [0.05, 0.1) is 13.0 Å². The van der Waals surface area contributed by atoms with E-state index < -0.39 is 0 Å². The number of ether oxygens (including phenoxy) is 1. The van der Waals surface area contributed by atoms with E-state index in [0.717, 1.165) is 18.4 Å². The molecule has 0 spiro atoms. The summed E-state index contributed by atoms with van der Waals surface area (Å²) in [6.45, 7) is 2.56. The molecule has 0 aliphatic rings. The van der Waals surface area contributed by atoms with Crippen molar-refractivity contribution in [3.63, 3.8) is 0 Å². The Labute approximate surface area is 96.9 Å². The summed E-state index contributed by atoms with van der Waals surface area (Å²) in [4.78, 5) is 11.4. The molecule has 0 heterocycles. The molecule has 0 aliphatic carbocycles. The van der Waals surface area contributed by atoms with Crippen LogP contribution in [-0.2, 0) is 16.0 Å². The van der Waals surface area contributed by atoms with Crippen molar-refractivity contribution in [3.8, 4) is 0 Å². The van der Waals surface area contributed by atoms with E-state index in [-0.39, 0.29) is 5.97 Å². The average molecular weight is 218 g/mol. The second-order valence-corrected chi connectivity index (χ2v) is 3.55. The first kappa shape index (κ1) is 12.5. The fourth-order valence-electron chi connectivity index (χ4n) is 1.34. The van der Waals surface area contributed by atoms with Crippen molar-refractivity contribution >= 4 is 5.97 Å². The van der Waals surface area contributed by atoms with Crippen LogP contribution in [0.4, 0.5) is 0 Å². The van der Waals surface area contributed by atoms with E-state index in [1.165, 1.54) is 0 Å². The van der Waals surface area contributed by atoms with Gasteiger partial charge in [0.1, 0.15) is 0 Å². The second kappa shape index (κ2) is 7.69. The Morgan fingerprint density at radius 1 is 1.25 bits per heavy atom. The van der Waals surface area contributed by atoms with Crippen LogP contribution in [0.1, 0.15) is 25.3 Å². The number of benzene rings is 1. The normalized spacial score (nSPS) is 10.6. The van der Waals surface area contributed by atoms with Crippen LogP contribution in [0.25, 0.3) is 0 Å². The Bertz CT molecular complexity index is 328.